The Morgan fingerprint density at radius 1 is 0.864 bits per heavy atom. The number of hydrogen-bond acceptors (Lipinski definition) is 5. The highest BCUT2D eigenvalue weighted by Gasteiger charge is 2.30. The molecule has 5 N–H and O–H groups in total. The quantitative estimate of drug-likeness (QED) is 0.560. The number of aromatic hydroxyl groups is 4. The van der Waals surface area contributed by atoms with Crippen LogP contribution in [0.4, 0.5) is 0 Å². The molecule has 0 spiro atoms. The Bertz CT molecular complexity index is 666. The largest absolute Gasteiger partial charge is 0.508 e. The van der Waals surface area contributed by atoms with E-state index in [1.165, 1.54) is 6.07 Å². The Hall–Kier alpha value is -2.40. The molecule has 1 saturated heterocycles. The molecule has 1 heterocycles. The Morgan fingerprint density at radius 2 is 1.59 bits per heavy atom. The van der Waals surface area contributed by atoms with E-state index < -0.39 is 0 Å². The van der Waals surface area contributed by atoms with E-state index in [-0.39, 0.29) is 34.8 Å². The van der Waals surface area contributed by atoms with Crippen LogP contribution < -0.4 is 5.32 Å². The van der Waals surface area contributed by atoms with Crippen molar-refractivity contribution in [2.24, 2.45) is 5.92 Å². The first kappa shape index (κ1) is 14.5. The smallest absolute Gasteiger partial charge is 0.157 e. The molecule has 0 unspecified atom stereocenters. The van der Waals surface area contributed by atoms with Crippen molar-refractivity contribution in [2.45, 2.75) is 12.3 Å². The summed E-state index contributed by atoms with van der Waals surface area (Å²) in [6, 6.07) is 9.60. The third kappa shape index (κ3) is 2.67. The maximum absolute atomic E-state index is 9.94. The van der Waals surface area contributed by atoms with Gasteiger partial charge in [0.15, 0.2) is 11.5 Å². The lowest BCUT2D eigenvalue weighted by Gasteiger charge is -2.20. The van der Waals surface area contributed by atoms with Gasteiger partial charge in [-0.25, -0.2) is 0 Å². The molecule has 1 fully saturated rings. The summed E-state index contributed by atoms with van der Waals surface area (Å²) in [5.41, 5.74) is 1.48. The molecular formula is C17H19NO4. The number of benzene rings is 2. The number of rotatable bonds is 3. The Balaban J connectivity index is 1.85. The first-order chi connectivity index (χ1) is 10.6. The molecule has 116 valence electrons. The first-order valence-electron chi connectivity index (χ1n) is 7.28. The topological polar surface area (TPSA) is 93.0 Å². The molecule has 5 nitrogen and oxygen atoms in total. The van der Waals surface area contributed by atoms with E-state index in [1.807, 2.05) is 0 Å². The maximum Gasteiger partial charge on any atom is 0.157 e. The zero-order valence-electron chi connectivity index (χ0n) is 12.0. The van der Waals surface area contributed by atoms with Crippen LogP contribution in [0.2, 0.25) is 0 Å². The van der Waals surface area contributed by atoms with Crippen LogP contribution in [-0.2, 0) is 6.42 Å². The van der Waals surface area contributed by atoms with Crippen LogP contribution in [0, 0.1) is 5.92 Å². The molecule has 0 bridgehead atoms. The lowest BCUT2D eigenvalue weighted by atomic mass is 9.84. The van der Waals surface area contributed by atoms with Crippen molar-refractivity contribution in [3.63, 3.8) is 0 Å². The molecule has 2 atom stereocenters. The van der Waals surface area contributed by atoms with Crippen LogP contribution in [0.25, 0.3) is 0 Å². The van der Waals surface area contributed by atoms with Crippen LogP contribution in [0.5, 0.6) is 23.0 Å². The normalized spacial score (nSPS) is 21.1. The number of phenols is 4. The van der Waals surface area contributed by atoms with E-state index in [1.54, 1.807) is 30.3 Å². The minimum atomic E-state index is -0.135. The summed E-state index contributed by atoms with van der Waals surface area (Å²) in [6.07, 6.45) is 0.539. The fraction of sp³-hybridized carbons (Fsp3) is 0.294. The third-order valence-electron chi connectivity index (χ3n) is 4.36. The number of hydrogen-bond donors (Lipinski definition) is 5. The average Bonchev–Trinajstić information content (AvgIpc) is 2.94. The van der Waals surface area contributed by atoms with Crippen LogP contribution in [0.3, 0.4) is 0 Å². The van der Waals surface area contributed by atoms with E-state index >= 15 is 0 Å². The van der Waals surface area contributed by atoms with E-state index in [4.69, 9.17) is 0 Å². The van der Waals surface area contributed by atoms with Gasteiger partial charge in [0.1, 0.15) is 11.5 Å². The molecule has 2 aromatic rings. The second-order valence-corrected chi connectivity index (χ2v) is 5.75. The summed E-state index contributed by atoms with van der Waals surface area (Å²) >= 11 is 0. The van der Waals surface area contributed by atoms with Crippen molar-refractivity contribution in [2.75, 3.05) is 13.1 Å². The summed E-state index contributed by atoms with van der Waals surface area (Å²) in [7, 11) is 0. The van der Waals surface area contributed by atoms with Gasteiger partial charge in [0.25, 0.3) is 0 Å². The van der Waals surface area contributed by atoms with Crippen molar-refractivity contribution >= 4 is 0 Å². The molecule has 3 rings (SSSR count). The predicted molar refractivity (Wildman–Crippen MR) is 82.3 cm³/mol. The molecule has 1 aliphatic heterocycles. The molecular weight excluding hydrogens is 282 g/mol. The van der Waals surface area contributed by atoms with Gasteiger partial charge in [0.2, 0.25) is 0 Å². The van der Waals surface area contributed by atoms with Crippen molar-refractivity contribution < 1.29 is 20.4 Å². The highest BCUT2D eigenvalue weighted by atomic mass is 16.3. The van der Waals surface area contributed by atoms with Gasteiger partial charge in [-0.15, -0.1) is 0 Å². The second-order valence-electron chi connectivity index (χ2n) is 5.75. The SMILES string of the molecule is Oc1ccc([C@@H]2CNC[C@H]2Cc2c(O)cccc2O)cc1O. The Kier molecular flexibility index (Phi) is 3.81. The summed E-state index contributed by atoms with van der Waals surface area (Å²) in [5.74, 6) is 0.255. The zero-order chi connectivity index (χ0) is 15.7. The van der Waals surface area contributed by atoms with Gasteiger partial charge < -0.3 is 25.7 Å². The number of nitrogens with one attached hydrogen (secondary N) is 1. The van der Waals surface area contributed by atoms with E-state index in [9.17, 15) is 20.4 Å². The Labute approximate surface area is 128 Å². The monoisotopic (exact) mass is 301 g/mol. The van der Waals surface area contributed by atoms with Crippen LogP contribution in [-0.4, -0.2) is 33.5 Å². The van der Waals surface area contributed by atoms with Crippen LogP contribution in [0.15, 0.2) is 36.4 Å². The third-order valence-corrected chi connectivity index (χ3v) is 4.36. The highest BCUT2D eigenvalue weighted by molar-refractivity contribution is 5.45. The van der Waals surface area contributed by atoms with Gasteiger partial charge in [0, 0.05) is 18.0 Å². The molecule has 2 aromatic carbocycles. The molecule has 1 aliphatic rings. The van der Waals surface area contributed by atoms with Crippen molar-refractivity contribution in [1.82, 2.24) is 5.32 Å². The van der Waals surface area contributed by atoms with Gasteiger partial charge in [0.05, 0.1) is 0 Å². The molecule has 0 radical (unpaired) electrons. The average molecular weight is 301 g/mol. The minimum Gasteiger partial charge on any atom is -0.508 e. The summed E-state index contributed by atoms with van der Waals surface area (Å²) in [4.78, 5) is 0. The second kappa shape index (κ2) is 5.77. The van der Waals surface area contributed by atoms with Crippen molar-refractivity contribution in [3.8, 4) is 23.0 Å². The van der Waals surface area contributed by atoms with Gasteiger partial charge in [-0.05, 0) is 48.7 Å². The lowest BCUT2D eigenvalue weighted by molar-refractivity contribution is 0.400. The molecule has 22 heavy (non-hydrogen) atoms. The fourth-order valence-corrected chi connectivity index (χ4v) is 3.14. The summed E-state index contributed by atoms with van der Waals surface area (Å²) in [5, 5.41) is 42.3. The van der Waals surface area contributed by atoms with Gasteiger partial charge in [-0.3, -0.25) is 0 Å². The first-order valence-corrected chi connectivity index (χ1v) is 7.28. The maximum atomic E-state index is 9.94. The highest BCUT2D eigenvalue weighted by Crippen LogP contribution is 2.38. The summed E-state index contributed by atoms with van der Waals surface area (Å²) < 4.78 is 0. The summed E-state index contributed by atoms with van der Waals surface area (Å²) in [6.45, 7) is 1.52. The van der Waals surface area contributed by atoms with Crippen molar-refractivity contribution in [1.29, 1.82) is 0 Å². The molecule has 0 saturated carbocycles. The standard InChI is InChI=1S/C17H19NO4/c19-14-2-1-3-15(20)12(14)6-11-8-18-9-13(11)10-4-5-16(21)17(22)7-10/h1-5,7,11,13,18-22H,6,8-9H2/t11-,13+/m1/s1. The lowest BCUT2D eigenvalue weighted by Crippen LogP contribution is -2.14. The number of phenolic OH excluding ortho intramolecular Hbond substituents is 4. The zero-order valence-corrected chi connectivity index (χ0v) is 12.0. The van der Waals surface area contributed by atoms with Crippen LogP contribution >= 0.6 is 0 Å². The molecule has 5 heteroatoms. The van der Waals surface area contributed by atoms with Crippen LogP contribution in [0.1, 0.15) is 17.0 Å². The fourth-order valence-electron chi connectivity index (χ4n) is 3.14. The minimum absolute atomic E-state index is 0.0965. The van der Waals surface area contributed by atoms with E-state index in [0.29, 0.717) is 12.0 Å². The predicted octanol–water partition coefficient (Wildman–Crippen LogP) is 2.05. The van der Waals surface area contributed by atoms with Gasteiger partial charge in [-0.2, -0.15) is 0 Å². The molecule has 0 aliphatic carbocycles. The van der Waals surface area contributed by atoms with Crippen molar-refractivity contribution in [3.05, 3.63) is 47.5 Å². The molecule has 0 aromatic heterocycles. The van der Waals surface area contributed by atoms with Gasteiger partial charge in [-0.1, -0.05) is 12.1 Å². The van der Waals surface area contributed by atoms with E-state index in [2.05, 4.69) is 5.32 Å². The Morgan fingerprint density at radius 3 is 2.27 bits per heavy atom. The van der Waals surface area contributed by atoms with E-state index in [0.717, 1.165) is 18.7 Å². The van der Waals surface area contributed by atoms with Gasteiger partial charge >= 0.3 is 0 Å². The molecule has 0 amide bonds.